The second-order valence-corrected chi connectivity index (χ2v) is 11.5. The largest absolute Gasteiger partial charge is 0.331 e. The average molecular weight is 535 g/mol. The molecular weight excluding hydrogens is 499 g/mol. The van der Waals surface area contributed by atoms with Crippen LogP contribution in [0, 0.1) is 24.1 Å². The minimum atomic E-state index is -0.250. The van der Waals surface area contributed by atoms with E-state index in [2.05, 4.69) is 35.5 Å². The van der Waals surface area contributed by atoms with E-state index in [0.717, 1.165) is 53.9 Å². The molecule has 1 heterocycles. The third-order valence-corrected chi connectivity index (χ3v) is 8.94. The molecule has 0 spiro atoms. The van der Waals surface area contributed by atoms with Crippen molar-refractivity contribution in [3.8, 4) is 5.69 Å². The molecule has 40 heavy (non-hydrogen) atoms. The number of allylic oxidation sites excluding steroid dienone is 1. The van der Waals surface area contributed by atoms with Gasteiger partial charge in [-0.05, 0) is 103 Å². The molecule has 1 aromatic heterocycles. The maximum atomic E-state index is 13.5. The zero-order valence-electron chi connectivity index (χ0n) is 23.3. The van der Waals surface area contributed by atoms with E-state index in [-0.39, 0.29) is 23.3 Å². The van der Waals surface area contributed by atoms with Crippen molar-refractivity contribution >= 4 is 17.8 Å². The predicted molar refractivity (Wildman–Crippen MR) is 158 cm³/mol. The number of hydrogen-bond donors (Lipinski definition) is 1. The van der Waals surface area contributed by atoms with E-state index in [1.807, 2.05) is 67.3 Å². The van der Waals surface area contributed by atoms with Crippen LogP contribution in [0.3, 0.4) is 0 Å². The fourth-order valence-corrected chi connectivity index (χ4v) is 6.55. The molecule has 0 saturated heterocycles. The van der Waals surface area contributed by atoms with Crippen molar-refractivity contribution in [2.24, 2.45) is 11.3 Å². The Balaban J connectivity index is 1.25. The number of nitrogens with one attached hydrogen (secondary N) is 1. The van der Waals surface area contributed by atoms with E-state index in [1.54, 1.807) is 17.0 Å². The fraction of sp³-hybridized carbons (Fsp3) is 0.294. The first-order valence-electron chi connectivity index (χ1n) is 14.0. The van der Waals surface area contributed by atoms with Crippen molar-refractivity contribution in [2.75, 3.05) is 11.9 Å². The summed E-state index contributed by atoms with van der Waals surface area (Å²) in [5, 5.41) is 8.03. The first-order valence-corrected chi connectivity index (χ1v) is 14.0. The zero-order valence-corrected chi connectivity index (χ0v) is 23.3. The Hall–Kier alpha value is -4.19. The lowest BCUT2D eigenvalue weighted by molar-refractivity contribution is 0.220. The lowest BCUT2D eigenvalue weighted by Crippen LogP contribution is -2.41. The Morgan fingerprint density at radius 3 is 2.65 bits per heavy atom. The highest BCUT2D eigenvalue weighted by Gasteiger charge is 2.46. The van der Waals surface area contributed by atoms with E-state index >= 15 is 0 Å². The first-order chi connectivity index (χ1) is 19.3. The molecule has 5 nitrogen and oxygen atoms in total. The summed E-state index contributed by atoms with van der Waals surface area (Å²) in [6, 6.07) is 24.6. The molecule has 0 bridgehead atoms. The monoisotopic (exact) mass is 534 g/mol. The number of carbonyl (C=O) groups is 1. The van der Waals surface area contributed by atoms with E-state index in [1.165, 1.54) is 23.3 Å². The summed E-state index contributed by atoms with van der Waals surface area (Å²) >= 11 is 0. The van der Waals surface area contributed by atoms with Crippen LogP contribution < -0.4 is 10.2 Å². The molecule has 0 aliphatic heterocycles. The highest BCUT2D eigenvalue weighted by Crippen LogP contribution is 2.55. The second-order valence-electron chi connectivity index (χ2n) is 11.5. The number of carbonyl (C=O) groups excluding carboxylic acids is 1. The maximum absolute atomic E-state index is 13.5. The fourth-order valence-electron chi connectivity index (χ4n) is 6.55. The standard InChI is InChI=1S/C34H35FN4O/c1-23-8-7-11-30(18-23)38(3)33(40)37-31(24-9-5-4-6-10-24)19-26-12-13-27-20-32-25(21-34(26,27)2)22-36-39(32)29-16-14-28(35)15-17-29/h4-11,14-18,20,22,26,31H,12-13,19,21H2,1-3H3,(H,37,40). The van der Waals surface area contributed by atoms with Crippen LogP contribution in [0.2, 0.25) is 0 Å². The summed E-state index contributed by atoms with van der Waals surface area (Å²) in [7, 11) is 1.82. The van der Waals surface area contributed by atoms with Gasteiger partial charge in [0.05, 0.1) is 23.6 Å². The zero-order chi connectivity index (χ0) is 27.9. The number of anilines is 1. The van der Waals surface area contributed by atoms with Crippen LogP contribution in [0.25, 0.3) is 11.8 Å². The van der Waals surface area contributed by atoms with Gasteiger partial charge < -0.3 is 5.32 Å². The number of halogens is 1. The molecule has 4 aromatic rings. The van der Waals surface area contributed by atoms with Gasteiger partial charge in [-0.2, -0.15) is 5.10 Å². The number of urea groups is 1. The summed E-state index contributed by atoms with van der Waals surface area (Å²) in [6.07, 6.45) is 8.11. The third-order valence-electron chi connectivity index (χ3n) is 8.94. The van der Waals surface area contributed by atoms with Crippen molar-refractivity contribution in [2.45, 2.75) is 45.6 Å². The van der Waals surface area contributed by atoms with Gasteiger partial charge in [0.25, 0.3) is 0 Å². The highest BCUT2D eigenvalue weighted by atomic mass is 19.1. The summed E-state index contributed by atoms with van der Waals surface area (Å²) < 4.78 is 15.4. The second kappa shape index (κ2) is 10.4. The first kappa shape index (κ1) is 26.1. The molecule has 3 atom stereocenters. The third kappa shape index (κ3) is 4.83. The quantitative estimate of drug-likeness (QED) is 0.276. The minimum Gasteiger partial charge on any atom is -0.331 e. The molecule has 204 valence electrons. The lowest BCUT2D eigenvalue weighted by Gasteiger charge is -2.38. The number of aryl methyl sites for hydroxylation is 1. The molecule has 2 amide bonds. The van der Waals surface area contributed by atoms with Crippen LogP contribution in [0.4, 0.5) is 14.9 Å². The van der Waals surface area contributed by atoms with Gasteiger partial charge in [0.1, 0.15) is 5.82 Å². The number of aromatic nitrogens is 2. The Bertz CT molecular complexity index is 1560. The number of amides is 2. The lowest BCUT2D eigenvalue weighted by atomic mass is 9.68. The van der Waals surface area contributed by atoms with Crippen molar-refractivity contribution in [3.05, 3.63) is 119 Å². The number of nitrogens with zero attached hydrogens (tertiary/aromatic N) is 3. The minimum absolute atomic E-state index is 0.0101. The maximum Gasteiger partial charge on any atom is 0.322 e. The number of fused-ring (bicyclic) bond motifs is 2. The van der Waals surface area contributed by atoms with Gasteiger partial charge >= 0.3 is 6.03 Å². The SMILES string of the molecule is Cc1cccc(N(C)C(=O)NC(CC2CCC3=Cc4c(cnn4-c4ccc(F)cc4)CC32C)c2ccccc2)c1. The Morgan fingerprint density at radius 1 is 1.12 bits per heavy atom. The molecule has 1 fully saturated rings. The Kier molecular flexibility index (Phi) is 6.78. The van der Waals surface area contributed by atoms with E-state index in [9.17, 15) is 9.18 Å². The van der Waals surface area contributed by atoms with Crippen molar-refractivity contribution < 1.29 is 9.18 Å². The summed E-state index contributed by atoms with van der Waals surface area (Å²) in [6.45, 7) is 4.41. The van der Waals surface area contributed by atoms with Gasteiger partial charge in [-0.3, -0.25) is 4.90 Å². The van der Waals surface area contributed by atoms with Crippen LogP contribution in [0.15, 0.2) is 90.6 Å². The predicted octanol–water partition coefficient (Wildman–Crippen LogP) is 7.65. The van der Waals surface area contributed by atoms with Crippen molar-refractivity contribution in [1.29, 1.82) is 0 Å². The van der Waals surface area contributed by atoms with Gasteiger partial charge in [0.2, 0.25) is 0 Å². The van der Waals surface area contributed by atoms with Crippen LogP contribution in [0.5, 0.6) is 0 Å². The Morgan fingerprint density at radius 2 is 1.90 bits per heavy atom. The van der Waals surface area contributed by atoms with Crippen LogP contribution in [0.1, 0.15) is 54.6 Å². The Labute approximate surface area is 235 Å². The number of rotatable bonds is 6. The molecule has 3 unspecified atom stereocenters. The molecule has 6 heteroatoms. The highest BCUT2D eigenvalue weighted by molar-refractivity contribution is 5.91. The van der Waals surface area contributed by atoms with E-state index in [0.29, 0.717) is 5.92 Å². The van der Waals surface area contributed by atoms with Gasteiger partial charge in [-0.25, -0.2) is 13.9 Å². The van der Waals surface area contributed by atoms with E-state index < -0.39 is 0 Å². The molecule has 3 aromatic carbocycles. The molecule has 6 rings (SSSR count). The van der Waals surface area contributed by atoms with Crippen molar-refractivity contribution in [3.63, 3.8) is 0 Å². The molecule has 2 aliphatic rings. The van der Waals surface area contributed by atoms with Crippen LogP contribution >= 0.6 is 0 Å². The van der Waals surface area contributed by atoms with E-state index in [4.69, 9.17) is 0 Å². The van der Waals surface area contributed by atoms with Crippen LogP contribution in [-0.4, -0.2) is 22.9 Å². The molecule has 0 radical (unpaired) electrons. The smallest absolute Gasteiger partial charge is 0.322 e. The molecule has 2 aliphatic carbocycles. The molecule has 1 N–H and O–H groups in total. The van der Waals surface area contributed by atoms with Gasteiger partial charge in [-0.1, -0.05) is 55.0 Å². The molecular formula is C34H35FN4O. The summed E-state index contributed by atoms with van der Waals surface area (Å²) in [4.78, 5) is 15.2. The summed E-state index contributed by atoms with van der Waals surface area (Å²) in [5.41, 5.74) is 7.70. The van der Waals surface area contributed by atoms with Gasteiger partial charge in [0, 0.05) is 12.7 Å². The van der Waals surface area contributed by atoms with Gasteiger partial charge in [-0.15, -0.1) is 0 Å². The van der Waals surface area contributed by atoms with Crippen LogP contribution in [-0.2, 0) is 6.42 Å². The van der Waals surface area contributed by atoms with Gasteiger partial charge in [0.15, 0.2) is 0 Å². The average Bonchev–Trinajstić information content (AvgIpc) is 3.51. The number of hydrogen-bond acceptors (Lipinski definition) is 2. The number of benzene rings is 3. The topological polar surface area (TPSA) is 50.2 Å². The van der Waals surface area contributed by atoms with Crippen molar-refractivity contribution in [1.82, 2.24) is 15.1 Å². The summed E-state index contributed by atoms with van der Waals surface area (Å²) in [5.74, 6) is 0.148. The molecule has 1 saturated carbocycles. The normalized spacial score (nSPS) is 20.3.